The molecule has 0 radical (unpaired) electrons. The molecule has 2 heterocycles. The summed E-state index contributed by atoms with van der Waals surface area (Å²) in [5, 5.41) is 16.5. The van der Waals surface area contributed by atoms with Crippen LogP contribution in [0.3, 0.4) is 0 Å². The highest BCUT2D eigenvalue weighted by Gasteiger charge is 2.22. The molecule has 2 aromatic heterocycles. The van der Waals surface area contributed by atoms with Gasteiger partial charge in [-0.2, -0.15) is 0 Å². The number of nitrogens with one attached hydrogen (secondary N) is 3. The van der Waals surface area contributed by atoms with E-state index < -0.39 is 6.04 Å². The van der Waals surface area contributed by atoms with Gasteiger partial charge in [0.05, 0.1) is 12.6 Å². The van der Waals surface area contributed by atoms with Gasteiger partial charge < -0.3 is 20.7 Å². The molecule has 1 saturated carbocycles. The first-order valence-corrected chi connectivity index (χ1v) is 10.0. The molecule has 1 aliphatic carbocycles. The predicted octanol–water partition coefficient (Wildman–Crippen LogP) is 4.08. The van der Waals surface area contributed by atoms with Crippen molar-refractivity contribution in [3.8, 4) is 11.1 Å². The third kappa shape index (κ3) is 4.60. The Morgan fingerprint density at radius 1 is 1.34 bits per heavy atom. The highest BCUT2D eigenvalue weighted by molar-refractivity contribution is 6.30. The quantitative estimate of drug-likeness (QED) is 0.472. The summed E-state index contributed by atoms with van der Waals surface area (Å²) in [6.07, 6.45) is 6.01. The van der Waals surface area contributed by atoms with Gasteiger partial charge in [-0.3, -0.25) is 4.79 Å². The molecular formula is C22H23ClN4O2. The lowest BCUT2D eigenvalue weighted by molar-refractivity contribution is 0.0912. The van der Waals surface area contributed by atoms with Crippen molar-refractivity contribution in [3.63, 3.8) is 0 Å². The van der Waals surface area contributed by atoms with Crippen molar-refractivity contribution in [3.05, 3.63) is 70.6 Å². The summed E-state index contributed by atoms with van der Waals surface area (Å²) in [6, 6.07) is 10.9. The fourth-order valence-corrected chi connectivity index (χ4v) is 3.42. The number of hydrogen-bond donors (Lipinski definition) is 4. The normalized spacial score (nSPS) is 14.4. The van der Waals surface area contributed by atoms with Crippen LogP contribution in [0.15, 0.2) is 48.8 Å². The van der Waals surface area contributed by atoms with Crippen LogP contribution in [0.25, 0.3) is 11.1 Å². The number of aromatic amines is 1. The Labute approximate surface area is 174 Å². The number of halogens is 1. The van der Waals surface area contributed by atoms with E-state index in [9.17, 15) is 9.90 Å². The van der Waals surface area contributed by atoms with Gasteiger partial charge in [0.2, 0.25) is 0 Å². The summed E-state index contributed by atoms with van der Waals surface area (Å²) in [5.41, 5.74) is 4.14. The molecule has 29 heavy (non-hydrogen) atoms. The predicted molar refractivity (Wildman–Crippen MR) is 114 cm³/mol. The van der Waals surface area contributed by atoms with E-state index in [0.717, 1.165) is 28.1 Å². The summed E-state index contributed by atoms with van der Waals surface area (Å²) >= 11 is 6.02. The third-order valence-electron chi connectivity index (χ3n) is 5.01. The van der Waals surface area contributed by atoms with Crippen LogP contribution in [0.1, 0.15) is 40.5 Å². The maximum Gasteiger partial charge on any atom is 0.268 e. The summed E-state index contributed by atoms with van der Waals surface area (Å²) in [6.45, 7) is 1.77. The van der Waals surface area contributed by atoms with Crippen LogP contribution in [-0.2, 0) is 0 Å². The Bertz CT molecular complexity index is 1030. The molecule has 3 aromatic rings. The summed E-state index contributed by atoms with van der Waals surface area (Å²) in [5.74, 6) is 0.555. The van der Waals surface area contributed by atoms with Crippen LogP contribution in [0, 0.1) is 6.92 Å². The van der Waals surface area contributed by atoms with E-state index in [0.29, 0.717) is 16.8 Å². The number of aryl methyl sites for hydroxylation is 1. The van der Waals surface area contributed by atoms with E-state index in [1.807, 2.05) is 37.5 Å². The number of nitrogens with zero attached hydrogens (tertiary/aromatic N) is 1. The molecule has 0 bridgehead atoms. The smallest absolute Gasteiger partial charge is 0.268 e. The molecule has 0 spiro atoms. The van der Waals surface area contributed by atoms with Crippen molar-refractivity contribution in [2.75, 3.05) is 11.9 Å². The number of H-pyrrole nitrogens is 1. The fourth-order valence-electron chi connectivity index (χ4n) is 3.23. The highest BCUT2D eigenvalue weighted by atomic mass is 35.5. The van der Waals surface area contributed by atoms with Gasteiger partial charge in [0.25, 0.3) is 5.91 Å². The Hall–Kier alpha value is -2.83. The molecule has 4 N–H and O–H groups in total. The molecule has 150 valence electrons. The lowest BCUT2D eigenvalue weighted by atomic mass is 10.0. The van der Waals surface area contributed by atoms with Gasteiger partial charge in [-0.1, -0.05) is 23.7 Å². The largest absolute Gasteiger partial charge is 0.394 e. The highest BCUT2D eigenvalue weighted by Crippen LogP contribution is 2.29. The lowest BCUT2D eigenvalue weighted by Crippen LogP contribution is -2.31. The summed E-state index contributed by atoms with van der Waals surface area (Å²) in [4.78, 5) is 20.2. The lowest BCUT2D eigenvalue weighted by Gasteiger charge is -2.16. The van der Waals surface area contributed by atoms with Gasteiger partial charge >= 0.3 is 0 Å². The SMILES string of the molecule is Cc1cnc(NC2CC2)cc1-c1c[nH]c(C(=O)NC(CO)c2cccc(Cl)c2)c1. The Morgan fingerprint density at radius 2 is 2.17 bits per heavy atom. The van der Waals surface area contributed by atoms with Crippen LogP contribution in [0.2, 0.25) is 5.02 Å². The van der Waals surface area contributed by atoms with Crippen LogP contribution in [-0.4, -0.2) is 33.6 Å². The Balaban J connectivity index is 1.51. The third-order valence-corrected chi connectivity index (χ3v) is 5.25. The minimum Gasteiger partial charge on any atom is -0.394 e. The number of rotatable bonds is 7. The van der Waals surface area contributed by atoms with Crippen molar-refractivity contribution < 1.29 is 9.90 Å². The molecule has 1 fully saturated rings. The molecule has 0 aliphatic heterocycles. The number of hydrogen-bond acceptors (Lipinski definition) is 4. The topological polar surface area (TPSA) is 90.0 Å². The second-order valence-corrected chi connectivity index (χ2v) is 7.81. The van der Waals surface area contributed by atoms with Crippen LogP contribution < -0.4 is 10.6 Å². The maximum absolute atomic E-state index is 12.7. The fraction of sp³-hybridized carbons (Fsp3) is 0.273. The van der Waals surface area contributed by atoms with E-state index in [4.69, 9.17) is 11.6 Å². The van der Waals surface area contributed by atoms with E-state index >= 15 is 0 Å². The second kappa shape index (κ2) is 8.27. The Kier molecular flexibility index (Phi) is 5.56. The van der Waals surface area contributed by atoms with E-state index in [1.165, 1.54) is 12.8 Å². The van der Waals surface area contributed by atoms with E-state index in [1.54, 1.807) is 18.2 Å². The molecule has 0 saturated heterocycles. The van der Waals surface area contributed by atoms with Gasteiger partial charge in [0.15, 0.2) is 0 Å². The van der Waals surface area contributed by atoms with Crippen LogP contribution in [0.5, 0.6) is 0 Å². The van der Waals surface area contributed by atoms with E-state index in [-0.39, 0.29) is 12.5 Å². The number of carbonyl (C=O) groups excluding carboxylic acids is 1. The number of aliphatic hydroxyl groups excluding tert-OH is 1. The number of carbonyl (C=O) groups is 1. The molecule has 1 unspecified atom stereocenters. The van der Waals surface area contributed by atoms with Crippen molar-refractivity contribution in [1.82, 2.24) is 15.3 Å². The van der Waals surface area contributed by atoms with Gasteiger partial charge in [-0.05, 0) is 60.7 Å². The number of benzene rings is 1. The zero-order valence-corrected chi connectivity index (χ0v) is 16.8. The molecule has 1 atom stereocenters. The molecule has 1 aliphatic rings. The minimum atomic E-state index is -0.537. The van der Waals surface area contributed by atoms with Crippen molar-refractivity contribution >= 4 is 23.3 Å². The van der Waals surface area contributed by atoms with E-state index in [2.05, 4.69) is 20.6 Å². The number of aromatic nitrogens is 2. The van der Waals surface area contributed by atoms with Gasteiger partial charge in [-0.25, -0.2) is 4.98 Å². The average Bonchev–Trinajstić information content (AvgIpc) is 3.39. The van der Waals surface area contributed by atoms with Crippen molar-refractivity contribution in [1.29, 1.82) is 0 Å². The van der Waals surface area contributed by atoms with Crippen molar-refractivity contribution in [2.24, 2.45) is 0 Å². The first-order valence-electron chi connectivity index (χ1n) is 9.62. The zero-order chi connectivity index (χ0) is 20.4. The maximum atomic E-state index is 12.7. The monoisotopic (exact) mass is 410 g/mol. The number of aliphatic hydroxyl groups is 1. The first-order chi connectivity index (χ1) is 14.0. The first kappa shape index (κ1) is 19.5. The average molecular weight is 411 g/mol. The van der Waals surface area contributed by atoms with Gasteiger partial charge in [-0.15, -0.1) is 0 Å². The molecular weight excluding hydrogens is 388 g/mol. The Morgan fingerprint density at radius 3 is 2.90 bits per heavy atom. The minimum absolute atomic E-state index is 0.223. The van der Waals surface area contributed by atoms with Crippen LogP contribution >= 0.6 is 11.6 Å². The zero-order valence-electron chi connectivity index (χ0n) is 16.1. The molecule has 4 rings (SSSR count). The number of amides is 1. The molecule has 7 heteroatoms. The van der Waals surface area contributed by atoms with Crippen LogP contribution in [0.4, 0.5) is 5.82 Å². The van der Waals surface area contributed by atoms with Gasteiger partial charge in [0.1, 0.15) is 11.5 Å². The molecule has 6 nitrogen and oxygen atoms in total. The second-order valence-electron chi connectivity index (χ2n) is 7.37. The van der Waals surface area contributed by atoms with Gasteiger partial charge in [0, 0.05) is 29.0 Å². The number of anilines is 1. The van der Waals surface area contributed by atoms with Crippen molar-refractivity contribution in [2.45, 2.75) is 31.8 Å². The summed E-state index contributed by atoms with van der Waals surface area (Å²) < 4.78 is 0. The number of pyridine rings is 1. The summed E-state index contributed by atoms with van der Waals surface area (Å²) in [7, 11) is 0. The molecule has 1 aromatic carbocycles. The standard InChI is InChI=1S/C22H23ClN4O2/c1-13-10-25-21(26-17-5-6-17)9-18(13)15-8-19(24-11-15)22(29)27-20(12-28)14-3-2-4-16(23)7-14/h2-4,7-11,17,20,24,28H,5-6,12H2,1H3,(H,25,26)(H,27,29). The molecule has 1 amide bonds.